The van der Waals surface area contributed by atoms with Crippen molar-refractivity contribution >= 4 is 11.7 Å². The first kappa shape index (κ1) is 17.7. The second kappa shape index (κ2) is 7.87. The van der Waals surface area contributed by atoms with E-state index in [4.69, 9.17) is 0 Å². The Morgan fingerprint density at radius 1 is 0.885 bits per heavy atom. The standard InChI is InChI=1S/C23H23NO2/c1-16-7-11-18(12-8-16)15-22(19-13-9-17(2)10-14-19)24-21-6-4-3-5-20(21)23(25)26/h3-14,22,24H,15H2,1-2H3,(H,25,26). The molecule has 3 rings (SSSR count). The normalized spacial score (nSPS) is 11.8. The van der Waals surface area contributed by atoms with Crippen molar-refractivity contribution in [3.8, 4) is 0 Å². The number of benzene rings is 3. The maximum absolute atomic E-state index is 11.5. The number of carboxylic acid groups (broad SMARTS) is 1. The number of hydrogen-bond acceptors (Lipinski definition) is 2. The van der Waals surface area contributed by atoms with Crippen molar-refractivity contribution in [1.29, 1.82) is 0 Å². The van der Waals surface area contributed by atoms with Gasteiger partial charge in [-0.25, -0.2) is 4.79 Å². The van der Waals surface area contributed by atoms with E-state index >= 15 is 0 Å². The molecule has 0 heterocycles. The number of para-hydroxylation sites is 1. The predicted molar refractivity (Wildman–Crippen MR) is 106 cm³/mol. The van der Waals surface area contributed by atoms with Crippen LogP contribution in [0, 0.1) is 13.8 Å². The molecular weight excluding hydrogens is 322 g/mol. The largest absolute Gasteiger partial charge is 0.478 e. The summed E-state index contributed by atoms with van der Waals surface area (Å²) in [7, 11) is 0. The van der Waals surface area contributed by atoms with Crippen LogP contribution in [-0.4, -0.2) is 11.1 Å². The molecule has 0 radical (unpaired) electrons. The lowest BCUT2D eigenvalue weighted by Crippen LogP contribution is -2.16. The fourth-order valence-corrected chi connectivity index (χ4v) is 2.99. The summed E-state index contributed by atoms with van der Waals surface area (Å²) in [5, 5.41) is 12.9. The Balaban J connectivity index is 1.94. The van der Waals surface area contributed by atoms with Crippen molar-refractivity contribution in [3.63, 3.8) is 0 Å². The fraction of sp³-hybridized carbons (Fsp3) is 0.174. The van der Waals surface area contributed by atoms with Crippen molar-refractivity contribution < 1.29 is 9.90 Å². The Kier molecular flexibility index (Phi) is 5.37. The molecule has 0 aliphatic carbocycles. The SMILES string of the molecule is Cc1ccc(CC(Nc2ccccc2C(=O)O)c2ccc(C)cc2)cc1. The van der Waals surface area contributed by atoms with Gasteiger partial charge in [0.15, 0.2) is 0 Å². The number of nitrogens with one attached hydrogen (secondary N) is 1. The zero-order valence-corrected chi connectivity index (χ0v) is 15.1. The maximum Gasteiger partial charge on any atom is 0.337 e. The number of rotatable bonds is 6. The van der Waals surface area contributed by atoms with Crippen LogP contribution in [0.2, 0.25) is 0 Å². The van der Waals surface area contributed by atoms with Gasteiger partial charge in [-0.1, -0.05) is 71.8 Å². The van der Waals surface area contributed by atoms with Gasteiger partial charge in [0.2, 0.25) is 0 Å². The lowest BCUT2D eigenvalue weighted by molar-refractivity contribution is 0.0698. The van der Waals surface area contributed by atoms with Crippen LogP contribution in [0.1, 0.15) is 38.7 Å². The van der Waals surface area contributed by atoms with Crippen molar-refractivity contribution in [2.75, 3.05) is 5.32 Å². The molecule has 0 aliphatic rings. The molecule has 1 atom stereocenters. The fourth-order valence-electron chi connectivity index (χ4n) is 2.99. The molecule has 0 bridgehead atoms. The molecule has 3 aromatic rings. The lowest BCUT2D eigenvalue weighted by Gasteiger charge is -2.22. The van der Waals surface area contributed by atoms with E-state index in [2.05, 4.69) is 67.7 Å². The first-order valence-electron chi connectivity index (χ1n) is 8.74. The summed E-state index contributed by atoms with van der Waals surface area (Å²) in [6.07, 6.45) is 0.775. The second-order valence-corrected chi connectivity index (χ2v) is 6.65. The monoisotopic (exact) mass is 345 g/mol. The maximum atomic E-state index is 11.5. The molecule has 3 heteroatoms. The Morgan fingerprint density at radius 2 is 1.46 bits per heavy atom. The molecule has 2 N–H and O–H groups in total. The smallest absolute Gasteiger partial charge is 0.337 e. The van der Waals surface area contributed by atoms with Crippen LogP contribution in [0.5, 0.6) is 0 Å². The predicted octanol–water partition coefficient (Wildman–Crippen LogP) is 5.40. The summed E-state index contributed by atoms with van der Waals surface area (Å²) in [5.41, 5.74) is 5.70. The summed E-state index contributed by atoms with van der Waals surface area (Å²) in [5.74, 6) is -0.925. The molecule has 0 saturated carbocycles. The summed E-state index contributed by atoms with van der Waals surface area (Å²) in [6, 6.07) is 23.9. The van der Waals surface area contributed by atoms with Gasteiger partial charge in [0.05, 0.1) is 11.6 Å². The molecule has 0 spiro atoms. The molecule has 0 saturated heterocycles. The van der Waals surface area contributed by atoms with E-state index in [-0.39, 0.29) is 11.6 Å². The Labute approximate surface area is 154 Å². The van der Waals surface area contributed by atoms with Crippen LogP contribution in [0.3, 0.4) is 0 Å². The van der Waals surface area contributed by atoms with Crippen molar-refractivity contribution in [2.24, 2.45) is 0 Å². The minimum atomic E-state index is -0.925. The van der Waals surface area contributed by atoms with Crippen LogP contribution in [0.25, 0.3) is 0 Å². The second-order valence-electron chi connectivity index (χ2n) is 6.65. The highest BCUT2D eigenvalue weighted by Gasteiger charge is 2.16. The molecule has 1 unspecified atom stereocenters. The van der Waals surface area contributed by atoms with Gasteiger partial charge in [0.1, 0.15) is 0 Å². The van der Waals surface area contributed by atoms with E-state index in [1.165, 1.54) is 16.7 Å². The molecule has 0 fully saturated rings. The van der Waals surface area contributed by atoms with E-state index in [1.807, 2.05) is 12.1 Å². The van der Waals surface area contributed by atoms with Gasteiger partial charge in [-0.3, -0.25) is 0 Å². The number of anilines is 1. The van der Waals surface area contributed by atoms with Crippen LogP contribution >= 0.6 is 0 Å². The first-order valence-corrected chi connectivity index (χ1v) is 8.74. The molecule has 0 amide bonds. The number of aromatic carboxylic acids is 1. The van der Waals surface area contributed by atoms with Gasteiger partial charge in [-0.2, -0.15) is 0 Å². The highest BCUT2D eigenvalue weighted by Crippen LogP contribution is 2.26. The van der Waals surface area contributed by atoms with Gasteiger partial charge in [0, 0.05) is 5.69 Å². The van der Waals surface area contributed by atoms with Crippen LogP contribution in [0.15, 0.2) is 72.8 Å². The number of carboxylic acids is 1. The van der Waals surface area contributed by atoms with Gasteiger partial charge in [0.25, 0.3) is 0 Å². The Bertz CT molecular complexity index is 883. The molecule has 26 heavy (non-hydrogen) atoms. The third kappa shape index (κ3) is 4.31. The van der Waals surface area contributed by atoms with Crippen molar-refractivity contribution in [2.45, 2.75) is 26.3 Å². The molecular formula is C23H23NO2. The highest BCUT2D eigenvalue weighted by atomic mass is 16.4. The van der Waals surface area contributed by atoms with Gasteiger partial charge >= 0.3 is 5.97 Å². The van der Waals surface area contributed by atoms with Gasteiger partial charge in [-0.15, -0.1) is 0 Å². The number of hydrogen-bond donors (Lipinski definition) is 2. The van der Waals surface area contributed by atoms with E-state index in [9.17, 15) is 9.90 Å². The highest BCUT2D eigenvalue weighted by molar-refractivity contribution is 5.94. The minimum Gasteiger partial charge on any atom is -0.478 e. The van der Waals surface area contributed by atoms with Crippen LogP contribution in [0.4, 0.5) is 5.69 Å². The van der Waals surface area contributed by atoms with Crippen LogP contribution < -0.4 is 5.32 Å². The van der Waals surface area contributed by atoms with Crippen LogP contribution in [-0.2, 0) is 6.42 Å². The topological polar surface area (TPSA) is 49.3 Å². The number of aryl methyl sites for hydroxylation is 2. The van der Waals surface area contributed by atoms with Gasteiger partial charge < -0.3 is 10.4 Å². The molecule has 3 nitrogen and oxygen atoms in total. The van der Waals surface area contributed by atoms with E-state index in [0.29, 0.717) is 5.69 Å². The summed E-state index contributed by atoms with van der Waals surface area (Å²) in [6.45, 7) is 4.13. The summed E-state index contributed by atoms with van der Waals surface area (Å²) < 4.78 is 0. The van der Waals surface area contributed by atoms with Gasteiger partial charge in [-0.05, 0) is 43.5 Å². The molecule has 3 aromatic carbocycles. The minimum absolute atomic E-state index is 0.0150. The molecule has 0 aliphatic heterocycles. The summed E-state index contributed by atoms with van der Waals surface area (Å²) >= 11 is 0. The van der Waals surface area contributed by atoms with E-state index in [1.54, 1.807) is 12.1 Å². The average Bonchev–Trinajstić information content (AvgIpc) is 2.64. The average molecular weight is 345 g/mol. The lowest BCUT2D eigenvalue weighted by atomic mass is 9.96. The molecule has 0 aromatic heterocycles. The molecule has 132 valence electrons. The first-order chi connectivity index (χ1) is 12.5. The Morgan fingerprint density at radius 3 is 2.08 bits per heavy atom. The third-order valence-electron chi connectivity index (χ3n) is 4.53. The quantitative estimate of drug-likeness (QED) is 0.629. The zero-order valence-electron chi connectivity index (χ0n) is 15.1. The van der Waals surface area contributed by atoms with E-state index in [0.717, 1.165) is 12.0 Å². The third-order valence-corrected chi connectivity index (χ3v) is 4.53. The Hall–Kier alpha value is -3.07. The number of carbonyl (C=O) groups is 1. The van der Waals surface area contributed by atoms with Crippen molar-refractivity contribution in [3.05, 3.63) is 101 Å². The summed E-state index contributed by atoms with van der Waals surface area (Å²) in [4.78, 5) is 11.5. The zero-order chi connectivity index (χ0) is 18.5. The van der Waals surface area contributed by atoms with E-state index < -0.39 is 5.97 Å². The van der Waals surface area contributed by atoms with Crippen molar-refractivity contribution in [1.82, 2.24) is 0 Å².